The molecule has 1 aromatic heterocycles. The summed E-state index contributed by atoms with van der Waals surface area (Å²) in [5.74, 6) is 1.70. The Labute approximate surface area is 104 Å². The highest BCUT2D eigenvalue weighted by Crippen LogP contribution is 2.34. The molecule has 1 aliphatic carbocycles. The first-order chi connectivity index (χ1) is 8.22. The van der Waals surface area contributed by atoms with Crippen LogP contribution < -0.4 is 5.32 Å². The minimum absolute atomic E-state index is 0.630. The topological polar surface area (TPSA) is 37.8 Å². The van der Waals surface area contributed by atoms with Crippen LogP contribution in [0, 0.1) is 13.8 Å². The summed E-state index contributed by atoms with van der Waals surface area (Å²) < 4.78 is 0. The van der Waals surface area contributed by atoms with Gasteiger partial charge in [-0.05, 0) is 39.7 Å². The highest BCUT2D eigenvalue weighted by atomic mass is 14.9. The van der Waals surface area contributed by atoms with Crippen molar-refractivity contribution in [3.63, 3.8) is 0 Å². The molecule has 1 aromatic rings. The SMILES string of the molecule is CCCNCc1c(C)nc(C2CCC2)nc1C. The summed E-state index contributed by atoms with van der Waals surface area (Å²) in [7, 11) is 0. The molecule has 0 unspecified atom stereocenters. The van der Waals surface area contributed by atoms with Crippen molar-refractivity contribution in [3.8, 4) is 0 Å². The van der Waals surface area contributed by atoms with Gasteiger partial charge in [0.05, 0.1) is 0 Å². The zero-order valence-corrected chi connectivity index (χ0v) is 11.2. The summed E-state index contributed by atoms with van der Waals surface area (Å²) in [6.45, 7) is 8.36. The first-order valence-corrected chi connectivity index (χ1v) is 6.77. The number of hydrogen-bond acceptors (Lipinski definition) is 3. The second kappa shape index (κ2) is 5.58. The minimum Gasteiger partial charge on any atom is -0.313 e. The quantitative estimate of drug-likeness (QED) is 0.795. The smallest absolute Gasteiger partial charge is 0.131 e. The predicted octanol–water partition coefficient (Wildman–Crippen LogP) is 2.86. The van der Waals surface area contributed by atoms with Crippen LogP contribution in [0.3, 0.4) is 0 Å². The van der Waals surface area contributed by atoms with E-state index in [2.05, 4.69) is 36.1 Å². The van der Waals surface area contributed by atoms with E-state index in [1.807, 2.05) is 0 Å². The third-order valence-electron chi connectivity index (χ3n) is 3.64. The Morgan fingerprint density at radius 2 is 1.82 bits per heavy atom. The van der Waals surface area contributed by atoms with E-state index in [9.17, 15) is 0 Å². The van der Waals surface area contributed by atoms with Crippen LogP contribution in [0.2, 0.25) is 0 Å². The van der Waals surface area contributed by atoms with Gasteiger partial charge in [-0.3, -0.25) is 0 Å². The molecule has 1 N–H and O–H groups in total. The van der Waals surface area contributed by atoms with E-state index in [0.717, 1.165) is 30.3 Å². The molecule has 3 heteroatoms. The average Bonchev–Trinajstić information content (AvgIpc) is 2.19. The third-order valence-corrected chi connectivity index (χ3v) is 3.64. The summed E-state index contributed by atoms with van der Waals surface area (Å²) in [6.07, 6.45) is 5.05. The van der Waals surface area contributed by atoms with Gasteiger partial charge in [-0.1, -0.05) is 13.3 Å². The maximum atomic E-state index is 4.68. The Balaban J connectivity index is 2.11. The molecule has 0 aromatic carbocycles. The predicted molar refractivity (Wildman–Crippen MR) is 70.1 cm³/mol. The molecule has 0 bridgehead atoms. The first-order valence-electron chi connectivity index (χ1n) is 6.77. The van der Waals surface area contributed by atoms with E-state index in [1.54, 1.807) is 0 Å². The molecule has 3 nitrogen and oxygen atoms in total. The molecule has 0 aliphatic heterocycles. The average molecular weight is 233 g/mol. The number of hydrogen-bond donors (Lipinski definition) is 1. The zero-order valence-electron chi connectivity index (χ0n) is 11.2. The number of rotatable bonds is 5. The lowest BCUT2D eigenvalue weighted by molar-refractivity contribution is 0.399. The van der Waals surface area contributed by atoms with Gasteiger partial charge < -0.3 is 5.32 Å². The molecule has 1 fully saturated rings. The molecule has 0 spiro atoms. The van der Waals surface area contributed by atoms with E-state index in [-0.39, 0.29) is 0 Å². The summed E-state index contributed by atoms with van der Waals surface area (Å²) in [5, 5.41) is 3.43. The molecule has 0 atom stereocenters. The number of nitrogens with one attached hydrogen (secondary N) is 1. The summed E-state index contributed by atoms with van der Waals surface area (Å²) >= 11 is 0. The van der Waals surface area contributed by atoms with Crippen molar-refractivity contribution >= 4 is 0 Å². The van der Waals surface area contributed by atoms with Crippen LogP contribution >= 0.6 is 0 Å². The van der Waals surface area contributed by atoms with Gasteiger partial charge in [0, 0.05) is 29.4 Å². The van der Waals surface area contributed by atoms with Gasteiger partial charge in [-0.15, -0.1) is 0 Å². The maximum absolute atomic E-state index is 4.68. The van der Waals surface area contributed by atoms with Crippen molar-refractivity contribution in [1.82, 2.24) is 15.3 Å². The summed E-state index contributed by atoms with van der Waals surface area (Å²) in [6, 6.07) is 0. The summed E-state index contributed by atoms with van der Waals surface area (Å²) in [5.41, 5.74) is 3.59. The monoisotopic (exact) mass is 233 g/mol. The van der Waals surface area contributed by atoms with Gasteiger partial charge in [0.2, 0.25) is 0 Å². The van der Waals surface area contributed by atoms with Crippen molar-refractivity contribution in [3.05, 3.63) is 22.8 Å². The fraction of sp³-hybridized carbons (Fsp3) is 0.714. The van der Waals surface area contributed by atoms with Crippen molar-refractivity contribution in [1.29, 1.82) is 0 Å². The lowest BCUT2D eigenvalue weighted by atomic mass is 9.84. The van der Waals surface area contributed by atoms with Gasteiger partial charge >= 0.3 is 0 Å². The van der Waals surface area contributed by atoms with Crippen LogP contribution in [-0.4, -0.2) is 16.5 Å². The van der Waals surface area contributed by atoms with Crippen LogP contribution in [0.1, 0.15) is 61.3 Å². The van der Waals surface area contributed by atoms with Crippen LogP contribution in [-0.2, 0) is 6.54 Å². The standard InChI is InChI=1S/C14H23N3/c1-4-8-15-9-13-10(2)16-14(17-11(13)3)12-6-5-7-12/h12,15H,4-9H2,1-3H3. The Bertz CT molecular complexity index is 360. The molecule has 17 heavy (non-hydrogen) atoms. The van der Waals surface area contributed by atoms with Crippen molar-refractivity contribution in [2.24, 2.45) is 0 Å². The molecule has 0 amide bonds. The van der Waals surface area contributed by atoms with Gasteiger partial charge in [0.15, 0.2) is 0 Å². The molecular formula is C14H23N3. The second-order valence-corrected chi connectivity index (χ2v) is 5.04. The second-order valence-electron chi connectivity index (χ2n) is 5.04. The van der Waals surface area contributed by atoms with Gasteiger partial charge in [-0.25, -0.2) is 9.97 Å². The van der Waals surface area contributed by atoms with Gasteiger partial charge in [0.25, 0.3) is 0 Å². The Hall–Kier alpha value is -0.960. The van der Waals surface area contributed by atoms with E-state index in [0.29, 0.717) is 5.92 Å². The first kappa shape index (κ1) is 12.5. The van der Waals surface area contributed by atoms with Gasteiger partial charge in [0.1, 0.15) is 5.82 Å². The van der Waals surface area contributed by atoms with Gasteiger partial charge in [-0.2, -0.15) is 0 Å². The molecule has 2 rings (SSSR count). The third kappa shape index (κ3) is 2.83. The van der Waals surface area contributed by atoms with Crippen LogP contribution in [0.25, 0.3) is 0 Å². The molecule has 0 saturated heterocycles. The highest BCUT2D eigenvalue weighted by molar-refractivity contribution is 5.25. The van der Waals surface area contributed by atoms with E-state index < -0.39 is 0 Å². The fourth-order valence-electron chi connectivity index (χ4n) is 2.26. The van der Waals surface area contributed by atoms with Crippen molar-refractivity contribution in [2.75, 3.05) is 6.54 Å². The molecule has 0 radical (unpaired) electrons. The highest BCUT2D eigenvalue weighted by Gasteiger charge is 2.23. The molecule has 1 saturated carbocycles. The molecule has 1 heterocycles. The van der Waals surface area contributed by atoms with Crippen LogP contribution in [0.5, 0.6) is 0 Å². The van der Waals surface area contributed by atoms with Crippen molar-refractivity contribution in [2.45, 2.75) is 58.9 Å². The molecular weight excluding hydrogens is 210 g/mol. The largest absolute Gasteiger partial charge is 0.313 e. The molecule has 1 aliphatic rings. The van der Waals surface area contributed by atoms with E-state index >= 15 is 0 Å². The Morgan fingerprint density at radius 3 is 2.29 bits per heavy atom. The zero-order chi connectivity index (χ0) is 12.3. The maximum Gasteiger partial charge on any atom is 0.131 e. The summed E-state index contributed by atoms with van der Waals surface area (Å²) in [4.78, 5) is 9.37. The van der Waals surface area contributed by atoms with E-state index in [1.165, 1.54) is 31.2 Å². The Morgan fingerprint density at radius 1 is 1.18 bits per heavy atom. The van der Waals surface area contributed by atoms with E-state index in [4.69, 9.17) is 0 Å². The van der Waals surface area contributed by atoms with Crippen molar-refractivity contribution < 1.29 is 0 Å². The van der Waals surface area contributed by atoms with Crippen LogP contribution in [0.4, 0.5) is 0 Å². The van der Waals surface area contributed by atoms with Crippen LogP contribution in [0.15, 0.2) is 0 Å². The normalized spacial score (nSPS) is 15.9. The lowest BCUT2D eigenvalue weighted by Gasteiger charge is -2.25. The number of nitrogens with zero attached hydrogens (tertiary/aromatic N) is 2. The Kier molecular flexibility index (Phi) is 4.11. The fourth-order valence-corrected chi connectivity index (χ4v) is 2.26. The lowest BCUT2D eigenvalue weighted by Crippen LogP contribution is -2.19. The molecule has 94 valence electrons. The number of aryl methyl sites for hydroxylation is 2. The number of aromatic nitrogens is 2. The minimum atomic E-state index is 0.630.